The highest BCUT2D eigenvalue weighted by Crippen LogP contribution is 2.30. The number of para-hydroxylation sites is 2. The normalized spacial score (nSPS) is 14.7. The molecule has 0 aromatic heterocycles. The quantitative estimate of drug-likeness (QED) is 0.659. The number of fused-ring (bicyclic) bond motifs is 1. The number of benzene rings is 2. The maximum Gasteiger partial charge on any atom is 0.283 e. The lowest BCUT2D eigenvalue weighted by molar-refractivity contribution is -0.135. The van der Waals surface area contributed by atoms with E-state index >= 15 is 0 Å². The van der Waals surface area contributed by atoms with Crippen molar-refractivity contribution in [3.05, 3.63) is 60.2 Å². The maximum absolute atomic E-state index is 12.1. The fourth-order valence-electron chi connectivity index (χ4n) is 2.43. The van der Waals surface area contributed by atoms with Gasteiger partial charge in [-0.15, -0.1) is 0 Å². The van der Waals surface area contributed by atoms with Crippen LogP contribution in [0.1, 0.15) is 5.56 Å². The smallest absolute Gasteiger partial charge is 0.283 e. The zero-order valence-corrected chi connectivity index (χ0v) is 14.4. The maximum atomic E-state index is 12.1. The lowest BCUT2D eigenvalue weighted by Crippen LogP contribution is -2.52. The first-order valence-electron chi connectivity index (χ1n) is 8.39. The van der Waals surface area contributed by atoms with Gasteiger partial charge in [-0.1, -0.05) is 42.5 Å². The first-order valence-corrected chi connectivity index (χ1v) is 8.39. The summed E-state index contributed by atoms with van der Waals surface area (Å²) in [5.41, 5.74) is 5.34. The van der Waals surface area contributed by atoms with E-state index in [-0.39, 0.29) is 25.5 Å². The standard InChI is InChI=1S/C19H19N3O5/c23-17(10-13-6-2-1-3-7-13)20-11-18(24)21-22-19(25)16-12-26-14-8-4-5-9-15(14)27-16/h1-9,16H,10-12H2,(H,20,23)(H,21,24)(H,22,25)/t16-/m0/s1. The minimum atomic E-state index is -0.882. The molecular formula is C19H19N3O5. The first kappa shape index (κ1) is 18.2. The molecule has 8 nitrogen and oxygen atoms in total. The van der Waals surface area contributed by atoms with Crippen molar-refractivity contribution < 1.29 is 23.9 Å². The monoisotopic (exact) mass is 369 g/mol. The number of ether oxygens (including phenoxy) is 2. The summed E-state index contributed by atoms with van der Waals surface area (Å²) in [4.78, 5) is 35.7. The Labute approximate surface area is 155 Å². The molecule has 0 fully saturated rings. The zero-order chi connectivity index (χ0) is 19.1. The zero-order valence-electron chi connectivity index (χ0n) is 14.4. The second-order valence-electron chi connectivity index (χ2n) is 5.84. The van der Waals surface area contributed by atoms with Gasteiger partial charge in [0, 0.05) is 0 Å². The van der Waals surface area contributed by atoms with E-state index in [1.54, 1.807) is 24.3 Å². The molecule has 0 spiro atoms. The lowest BCUT2D eigenvalue weighted by Gasteiger charge is -2.25. The summed E-state index contributed by atoms with van der Waals surface area (Å²) in [5.74, 6) is -0.367. The van der Waals surface area contributed by atoms with Gasteiger partial charge in [0.15, 0.2) is 11.5 Å². The molecule has 0 bridgehead atoms. The molecule has 1 aliphatic heterocycles. The Bertz CT molecular complexity index is 825. The van der Waals surface area contributed by atoms with E-state index in [0.29, 0.717) is 11.5 Å². The van der Waals surface area contributed by atoms with E-state index in [2.05, 4.69) is 16.2 Å². The molecule has 3 rings (SSSR count). The molecule has 1 aliphatic rings. The Kier molecular flexibility index (Phi) is 5.88. The molecule has 3 amide bonds. The van der Waals surface area contributed by atoms with Crippen molar-refractivity contribution in [1.82, 2.24) is 16.2 Å². The molecule has 1 atom stereocenters. The van der Waals surface area contributed by atoms with Gasteiger partial charge >= 0.3 is 0 Å². The molecule has 1 heterocycles. The first-order chi connectivity index (χ1) is 13.1. The minimum absolute atomic E-state index is 0.0343. The predicted molar refractivity (Wildman–Crippen MR) is 95.8 cm³/mol. The summed E-state index contributed by atoms with van der Waals surface area (Å²) in [6.45, 7) is -0.219. The number of carbonyl (C=O) groups excluding carboxylic acids is 3. The van der Waals surface area contributed by atoms with E-state index in [1.165, 1.54) is 0 Å². The summed E-state index contributed by atoms with van der Waals surface area (Å²) < 4.78 is 11.0. The highest BCUT2D eigenvalue weighted by atomic mass is 16.6. The van der Waals surface area contributed by atoms with Crippen molar-refractivity contribution in [2.24, 2.45) is 0 Å². The third-order valence-corrected chi connectivity index (χ3v) is 3.78. The van der Waals surface area contributed by atoms with Gasteiger partial charge in [-0.25, -0.2) is 0 Å². The van der Waals surface area contributed by atoms with Crippen LogP contribution in [-0.2, 0) is 20.8 Å². The highest BCUT2D eigenvalue weighted by Gasteiger charge is 2.27. The third kappa shape index (κ3) is 5.21. The summed E-state index contributed by atoms with van der Waals surface area (Å²) in [6.07, 6.45) is -0.708. The van der Waals surface area contributed by atoms with Crippen molar-refractivity contribution in [2.45, 2.75) is 12.5 Å². The lowest BCUT2D eigenvalue weighted by atomic mass is 10.1. The molecule has 0 saturated heterocycles. The van der Waals surface area contributed by atoms with Gasteiger partial charge in [-0.05, 0) is 17.7 Å². The van der Waals surface area contributed by atoms with Crippen LogP contribution < -0.4 is 25.6 Å². The third-order valence-electron chi connectivity index (χ3n) is 3.78. The van der Waals surface area contributed by atoms with Crippen molar-refractivity contribution in [3.8, 4) is 11.5 Å². The van der Waals surface area contributed by atoms with E-state index in [4.69, 9.17) is 9.47 Å². The van der Waals surface area contributed by atoms with Crippen LogP contribution in [0.3, 0.4) is 0 Å². The summed E-state index contributed by atoms with van der Waals surface area (Å²) in [6, 6.07) is 16.2. The van der Waals surface area contributed by atoms with Crippen LogP contribution in [0.5, 0.6) is 11.5 Å². The van der Waals surface area contributed by atoms with Gasteiger partial charge in [0.1, 0.15) is 6.61 Å². The molecule has 2 aromatic rings. The second kappa shape index (κ2) is 8.70. The molecule has 0 unspecified atom stereocenters. The largest absolute Gasteiger partial charge is 0.485 e. The Balaban J connectivity index is 1.38. The minimum Gasteiger partial charge on any atom is -0.485 e. The number of hydrogen-bond donors (Lipinski definition) is 3. The van der Waals surface area contributed by atoms with Crippen LogP contribution in [0, 0.1) is 0 Å². The van der Waals surface area contributed by atoms with Crippen LogP contribution >= 0.6 is 0 Å². The summed E-state index contributed by atoms with van der Waals surface area (Å²) in [7, 11) is 0. The number of nitrogens with one attached hydrogen (secondary N) is 3. The number of hydrogen-bond acceptors (Lipinski definition) is 5. The van der Waals surface area contributed by atoms with E-state index in [9.17, 15) is 14.4 Å². The number of hydrazine groups is 1. The Morgan fingerprint density at radius 1 is 0.889 bits per heavy atom. The topological polar surface area (TPSA) is 106 Å². The fourth-order valence-corrected chi connectivity index (χ4v) is 2.43. The van der Waals surface area contributed by atoms with E-state index in [0.717, 1.165) is 5.56 Å². The molecule has 140 valence electrons. The molecule has 0 aliphatic carbocycles. The molecule has 27 heavy (non-hydrogen) atoms. The van der Waals surface area contributed by atoms with Gasteiger partial charge in [-0.3, -0.25) is 25.2 Å². The van der Waals surface area contributed by atoms with E-state index < -0.39 is 17.9 Å². The molecular weight excluding hydrogens is 350 g/mol. The molecule has 2 aromatic carbocycles. The van der Waals surface area contributed by atoms with Gasteiger partial charge in [0.05, 0.1) is 13.0 Å². The van der Waals surface area contributed by atoms with Crippen molar-refractivity contribution in [2.75, 3.05) is 13.2 Å². The number of rotatable bonds is 5. The van der Waals surface area contributed by atoms with Crippen LogP contribution in [0.4, 0.5) is 0 Å². The van der Waals surface area contributed by atoms with Crippen LogP contribution in [-0.4, -0.2) is 37.0 Å². The van der Waals surface area contributed by atoms with E-state index in [1.807, 2.05) is 30.3 Å². The summed E-state index contributed by atoms with van der Waals surface area (Å²) >= 11 is 0. The Morgan fingerprint density at radius 3 is 2.37 bits per heavy atom. The molecule has 0 radical (unpaired) electrons. The Hall–Kier alpha value is -3.55. The van der Waals surface area contributed by atoms with Gasteiger partial charge in [0.25, 0.3) is 11.8 Å². The average molecular weight is 369 g/mol. The molecule has 8 heteroatoms. The van der Waals surface area contributed by atoms with Crippen molar-refractivity contribution in [3.63, 3.8) is 0 Å². The fraction of sp³-hybridized carbons (Fsp3) is 0.211. The van der Waals surface area contributed by atoms with Crippen LogP contribution in [0.15, 0.2) is 54.6 Å². The van der Waals surface area contributed by atoms with Crippen molar-refractivity contribution >= 4 is 17.7 Å². The van der Waals surface area contributed by atoms with Gasteiger partial charge in [0.2, 0.25) is 12.0 Å². The summed E-state index contributed by atoms with van der Waals surface area (Å²) in [5, 5.41) is 2.49. The number of carbonyl (C=O) groups is 3. The highest BCUT2D eigenvalue weighted by molar-refractivity contribution is 5.88. The SMILES string of the molecule is O=C(Cc1ccccc1)NCC(=O)NNC(=O)[C@@H]1COc2ccccc2O1. The average Bonchev–Trinajstić information content (AvgIpc) is 2.71. The molecule has 3 N–H and O–H groups in total. The predicted octanol–water partition coefficient (Wildman–Crippen LogP) is 0.333. The second-order valence-corrected chi connectivity index (χ2v) is 5.84. The van der Waals surface area contributed by atoms with Crippen molar-refractivity contribution in [1.29, 1.82) is 0 Å². The number of amides is 3. The molecule has 0 saturated carbocycles. The Morgan fingerprint density at radius 2 is 1.59 bits per heavy atom. The van der Waals surface area contributed by atoms with Gasteiger partial charge in [-0.2, -0.15) is 0 Å². The van der Waals surface area contributed by atoms with Crippen LogP contribution in [0.25, 0.3) is 0 Å². The van der Waals surface area contributed by atoms with Gasteiger partial charge < -0.3 is 14.8 Å². The van der Waals surface area contributed by atoms with Crippen LogP contribution in [0.2, 0.25) is 0 Å².